The van der Waals surface area contributed by atoms with E-state index in [9.17, 15) is 8.78 Å². The molecule has 0 radical (unpaired) electrons. The van der Waals surface area contributed by atoms with Crippen LogP contribution in [0.15, 0.2) is 18.2 Å². The molecule has 0 saturated carbocycles. The van der Waals surface area contributed by atoms with Gasteiger partial charge < -0.3 is 4.43 Å². The van der Waals surface area contributed by atoms with Crippen molar-refractivity contribution in [3.05, 3.63) is 35.4 Å². The summed E-state index contributed by atoms with van der Waals surface area (Å²) >= 11 is 0. The summed E-state index contributed by atoms with van der Waals surface area (Å²) < 4.78 is 31.5. The van der Waals surface area contributed by atoms with E-state index in [1.54, 1.807) is 0 Å². The van der Waals surface area contributed by atoms with Gasteiger partial charge in [0.15, 0.2) is 14.4 Å². The minimum absolute atomic E-state index is 0.224. The van der Waals surface area contributed by atoms with Crippen LogP contribution in [-0.4, -0.2) is 8.32 Å². The maximum absolute atomic E-state index is 13.0. The van der Waals surface area contributed by atoms with Crippen molar-refractivity contribution in [3.8, 4) is 6.07 Å². The molecular weight excluding hydrogens is 228 g/mol. The largest absolute Gasteiger partial charge is 0.399 e. The molecule has 2 nitrogen and oxygen atoms in total. The minimum atomic E-state index is -1.93. The lowest BCUT2D eigenvalue weighted by Gasteiger charge is -2.21. The van der Waals surface area contributed by atoms with E-state index in [0.29, 0.717) is 0 Å². The zero-order chi connectivity index (χ0) is 12.3. The van der Waals surface area contributed by atoms with Crippen LogP contribution in [0.1, 0.15) is 11.7 Å². The average Bonchev–Trinajstić information content (AvgIpc) is 2.11. The van der Waals surface area contributed by atoms with Crippen LogP contribution in [-0.2, 0) is 4.43 Å². The smallest absolute Gasteiger partial charge is 0.186 e. The van der Waals surface area contributed by atoms with Crippen LogP contribution in [0.2, 0.25) is 19.6 Å². The van der Waals surface area contributed by atoms with Crippen LogP contribution in [0.5, 0.6) is 0 Å². The Morgan fingerprint density at radius 1 is 1.19 bits per heavy atom. The first-order chi connectivity index (χ1) is 7.31. The highest BCUT2D eigenvalue weighted by Crippen LogP contribution is 2.23. The van der Waals surface area contributed by atoms with Gasteiger partial charge >= 0.3 is 0 Å². The fourth-order valence-corrected chi connectivity index (χ4v) is 2.14. The van der Waals surface area contributed by atoms with Crippen molar-refractivity contribution in [2.24, 2.45) is 0 Å². The standard InChI is InChI=1S/C11H13F2NOSi/c1-16(2,3)15-11(7-14)8-4-9(12)6-10(13)5-8/h4-6,11H,1-3H3/t11-/m1/s1. The van der Waals surface area contributed by atoms with Gasteiger partial charge in [0, 0.05) is 6.07 Å². The number of hydrogen-bond acceptors (Lipinski definition) is 2. The molecule has 0 unspecified atom stereocenters. The fourth-order valence-electron chi connectivity index (χ4n) is 1.25. The normalized spacial score (nSPS) is 13.2. The van der Waals surface area contributed by atoms with Crippen LogP contribution in [0.4, 0.5) is 8.78 Å². The molecule has 0 heterocycles. The van der Waals surface area contributed by atoms with Gasteiger partial charge in [-0.25, -0.2) is 8.78 Å². The average molecular weight is 241 g/mol. The Morgan fingerprint density at radius 3 is 2.06 bits per heavy atom. The maximum Gasteiger partial charge on any atom is 0.186 e. The molecular formula is C11H13F2NOSi. The molecule has 0 aliphatic carbocycles. The monoisotopic (exact) mass is 241 g/mol. The molecule has 0 aromatic heterocycles. The molecule has 1 atom stereocenters. The van der Waals surface area contributed by atoms with Crippen molar-refractivity contribution in [2.45, 2.75) is 25.7 Å². The molecule has 0 fully saturated rings. The molecule has 0 aliphatic heterocycles. The highest BCUT2D eigenvalue weighted by atomic mass is 28.4. The van der Waals surface area contributed by atoms with Gasteiger partial charge in [-0.2, -0.15) is 5.26 Å². The number of hydrogen-bond donors (Lipinski definition) is 0. The van der Waals surface area contributed by atoms with Gasteiger partial charge in [-0.15, -0.1) is 0 Å². The van der Waals surface area contributed by atoms with Gasteiger partial charge in [-0.3, -0.25) is 0 Å². The lowest BCUT2D eigenvalue weighted by Crippen LogP contribution is -2.27. The number of halogens is 2. The van der Waals surface area contributed by atoms with Gasteiger partial charge in [0.25, 0.3) is 0 Å². The van der Waals surface area contributed by atoms with E-state index in [1.165, 1.54) is 0 Å². The van der Waals surface area contributed by atoms with Crippen molar-refractivity contribution in [2.75, 3.05) is 0 Å². The van der Waals surface area contributed by atoms with Crippen LogP contribution in [0.3, 0.4) is 0 Å². The van der Waals surface area contributed by atoms with Crippen LogP contribution >= 0.6 is 0 Å². The van der Waals surface area contributed by atoms with Crippen LogP contribution < -0.4 is 0 Å². The third kappa shape index (κ3) is 3.72. The second-order valence-corrected chi connectivity index (χ2v) is 8.90. The molecule has 5 heteroatoms. The first kappa shape index (κ1) is 12.8. The van der Waals surface area contributed by atoms with Crippen molar-refractivity contribution < 1.29 is 13.2 Å². The number of nitrogens with zero attached hydrogens (tertiary/aromatic N) is 1. The van der Waals surface area contributed by atoms with Crippen molar-refractivity contribution in [3.63, 3.8) is 0 Å². The Hall–Kier alpha value is -1.25. The number of nitriles is 1. The molecule has 0 N–H and O–H groups in total. The van der Waals surface area contributed by atoms with E-state index in [2.05, 4.69) is 0 Å². The fraction of sp³-hybridized carbons (Fsp3) is 0.364. The third-order valence-electron chi connectivity index (χ3n) is 1.78. The summed E-state index contributed by atoms with van der Waals surface area (Å²) in [5.74, 6) is -1.40. The number of benzene rings is 1. The Bertz CT molecular complexity index is 403. The molecule has 86 valence electrons. The number of rotatable bonds is 3. The van der Waals surface area contributed by atoms with Gasteiger partial charge in [-0.1, -0.05) is 0 Å². The second-order valence-electron chi connectivity index (χ2n) is 4.44. The molecule has 0 spiro atoms. The summed E-state index contributed by atoms with van der Waals surface area (Å²) in [5.41, 5.74) is 0.224. The molecule has 0 aliphatic rings. The highest BCUT2D eigenvalue weighted by Gasteiger charge is 2.22. The van der Waals surface area contributed by atoms with Gasteiger partial charge in [-0.05, 0) is 37.3 Å². The Kier molecular flexibility index (Phi) is 3.78. The Labute approximate surface area is 94.6 Å². The predicted molar refractivity (Wildman–Crippen MR) is 59.1 cm³/mol. The van der Waals surface area contributed by atoms with Gasteiger partial charge in [0.05, 0.1) is 6.07 Å². The van der Waals surface area contributed by atoms with Crippen LogP contribution in [0, 0.1) is 23.0 Å². The molecule has 0 amide bonds. The highest BCUT2D eigenvalue weighted by molar-refractivity contribution is 6.69. The van der Waals surface area contributed by atoms with Crippen molar-refractivity contribution in [1.29, 1.82) is 5.26 Å². The van der Waals surface area contributed by atoms with E-state index in [1.807, 2.05) is 25.7 Å². The van der Waals surface area contributed by atoms with E-state index in [4.69, 9.17) is 9.69 Å². The zero-order valence-corrected chi connectivity index (χ0v) is 10.4. The molecule has 1 rings (SSSR count). The van der Waals surface area contributed by atoms with E-state index in [0.717, 1.165) is 18.2 Å². The van der Waals surface area contributed by atoms with E-state index in [-0.39, 0.29) is 5.56 Å². The SMILES string of the molecule is C[Si](C)(C)O[C@H](C#N)c1cc(F)cc(F)c1. The summed E-state index contributed by atoms with van der Waals surface area (Å²) in [6.45, 7) is 5.73. The summed E-state index contributed by atoms with van der Waals surface area (Å²) in [6, 6.07) is 4.92. The van der Waals surface area contributed by atoms with Crippen molar-refractivity contribution in [1.82, 2.24) is 0 Å². The first-order valence-electron chi connectivity index (χ1n) is 4.85. The summed E-state index contributed by atoms with van der Waals surface area (Å²) in [6.07, 6.45) is -0.906. The molecule has 1 aromatic carbocycles. The summed E-state index contributed by atoms with van der Waals surface area (Å²) in [5, 5.41) is 8.93. The Balaban J connectivity index is 3.01. The molecule has 1 aromatic rings. The lowest BCUT2D eigenvalue weighted by molar-refractivity contribution is 0.254. The van der Waals surface area contributed by atoms with Crippen molar-refractivity contribution >= 4 is 8.32 Å². The van der Waals surface area contributed by atoms with Gasteiger partial charge in [0.1, 0.15) is 11.6 Å². The third-order valence-corrected chi connectivity index (χ3v) is 2.72. The molecule has 0 bridgehead atoms. The minimum Gasteiger partial charge on any atom is -0.399 e. The first-order valence-corrected chi connectivity index (χ1v) is 8.26. The van der Waals surface area contributed by atoms with E-state index < -0.39 is 26.1 Å². The molecule has 0 saturated heterocycles. The summed E-state index contributed by atoms with van der Waals surface area (Å²) in [7, 11) is -1.93. The lowest BCUT2D eigenvalue weighted by atomic mass is 10.1. The summed E-state index contributed by atoms with van der Waals surface area (Å²) in [4.78, 5) is 0. The maximum atomic E-state index is 13.0. The van der Waals surface area contributed by atoms with Gasteiger partial charge in [0.2, 0.25) is 0 Å². The quantitative estimate of drug-likeness (QED) is 0.760. The van der Waals surface area contributed by atoms with Crippen LogP contribution in [0.25, 0.3) is 0 Å². The topological polar surface area (TPSA) is 33.0 Å². The molecule has 16 heavy (non-hydrogen) atoms. The Morgan fingerprint density at radius 2 is 1.69 bits per heavy atom. The van der Waals surface area contributed by atoms with E-state index >= 15 is 0 Å². The zero-order valence-electron chi connectivity index (χ0n) is 9.42. The second kappa shape index (κ2) is 4.72. The predicted octanol–water partition coefficient (Wildman–Crippen LogP) is 3.38.